The fourth-order valence-corrected chi connectivity index (χ4v) is 7.26. The molecule has 3 atom stereocenters. The van der Waals surface area contributed by atoms with Gasteiger partial charge in [0.05, 0.1) is 23.6 Å². The fourth-order valence-electron chi connectivity index (χ4n) is 6.72. The number of halogens is 3. The number of rotatable bonds is 9. The number of hydrazine groups is 1. The van der Waals surface area contributed by atoms with Crippen molar-refractivity contribution in [2.75, 3.05) is 26.7 Å². The molecule has 0 spiro atoms. The van der Waals surface area contributed by atoms with Crippen molar-refractivity contribution in [2.45, 2.75) is 51.1 Å². The maximum absolute atomic E-state index is 14.2. The fraction of sp³-hybridized carbons (Fsp3) is 0.452. The number of benzene rings is 2. The van der Waals surface area contributed by atoms with Crippen molar-refractivity contribution in [3.8, 4) is 5.75 Å². The summed E-state index contributed by atoms with van der Waals surface area (Å²) in [5.41, 5.74) is 8.12. The highest BCUT2D eigenvalue weighted by molar-refractivity contribution is 9.10. The molecule has 0 radical (unpaired) electrons. The SMILES string of the molecule is CN(N)/C(=C(\N)COc1ccc(Br)c2c1C(CN1Cc3ccccc3C1=O)N(C(=O)[C@@H]1CCCC[C@@H]1C(=O)O)CC2)C(F)F. The van der Waals surface area contributed by atoms with Crippen LogP contribution in [0.1, 0.15) is 58.8 Å². The summed E-state index contributed by atoms with van der Waals surface area (Å²) in [6, 6.07) is 10.1. The zero-order valence-corrected chi connectivity index (χ0v) is 25.9. The number of fused-ring (bicyclic) bond motifs is 2. The van der Waals surface area contributed by atoms with Gasteiger partial charge in [-0.25, -0.2) is 14.6 Å². The number of alkyl halides is 2. The van der Waals surface area contributed by atoms with E-state index in [1.54, 1.807) is 34.1 Å². The molecule has 5 N–H and O–H groups in total. The first-order valence-corrected chi connectivity index (χ1v) is 15.4. The quantitative estimate of drug-likeness (QED) is 0.267. The average Bonchev–Trinajstić information content (AvgIpc) is 3.31. The summed E-state index contributed by atoms with van der Waals surface area (Å²) in [5, 5.41) is 10.7. The standard InChI is InChI=1S/C31H36BrF2N5O5/c1-37(36)27(28(33)34)23(35)16-44-25-11-10-22(32)21-12-13-39(30(41)19-8-4-5-9-20(19)31(42)43)24(26(21)25)15-38-14-17-6-2-3-7-18(17)29(38)40/h2-3,6-7,10-11,19-20,24,28H,4-5,8-9,12-16,35-36H2,1H3,(H,42,43)/b27-23-/t19-,20+,24?/m1/s1. The van der Waals surface area contributed by atoms with Crippen LogP contribution in [0.2, 0.25) is 0 Å². The third-order valence-corrected chi connectivity index (χ3v) is 9.59. The van der Waals surface area contributed by atoms with Crippen LogP contribution in [0.5, 0.6) is 5.75 Å². The summed E-state index contributed by atoms with van der Waals surface area (Å²) in [6.07, 6.45) is -0.101. The smallest absolute Gasteiger partial charge is 0.307 e. The van der Waals surface area contributed by atoms with Crippen molar-refractivity contribution in [1.29, 1.82) is 0 Å². The van der Waals surface area contributed by atoms with Gasteiger partial charge in [-0.3, -0.25) is 14.4 Å². The van der Waals surface area contributed by atoms with Crippen LogP contribution in [-0.2, 0) is 22.6 Å². The van der Waals surface area contributed by atoms with Crippen LogP contribution in [0.15, 0.2) is 52.3 Å². The Morgan fingerprint density at radius 3 is 2.52 bits per heavy atom. The summed E-state index contributed by atoms with van der Waals surface area (Å²) >= 11 is 3.62. The minimum absolute atomic E-state index is 0.128. The number of carbonyl (C=O) groups excluding carboxylic acids is 2. The van der Waals surface area contributed by atoms with Crippen molar-refractivity contribution in [1.82, 2.24) is 14.8 Å². The molecule has 10 nitrogen and oxygen atoms in total. The molecule has 2 aliphatic heterocycles. The first-order chi connectivity index (χ1) is 21.0. The molecule has 44 heavy (non-hydrogen) atoms. The average molecular weight is 677 g/mol. The highest BCUT2D eigenvalue weighted by Gasteiger charge is 2.44. The number of hydrogen-bond acceptors (Lipinski definition) is 7. The van der Waals surface area contributed by atoms with Crippen LogP contribution in [0.3, 0.4) is 0 Å². The lowest BCUT2D eigenvalue weighted by atomic mass is 9.77. The number of ether oxygens (including phenoxy) is 1. The summed E-state index contributed by atoms with van der Waals surface area (Å²) in [5.74, 6) is 2.99. The summed E-state index contributed by atoms with van der Waals surface area (Å²) in [4.78, 5) is 43.2. The number of amides is 2. The van der Waals surface area contributed by atoms with Crippen LogP contribution in [-0.4, -0.2) is 70.9 Å². The lowest BCUT2D eigenvalue weighted by Crippen LogP contribution is -2.50. The van der Waals surface area contributed by atoms with Crippen LogP contribution in [0, 0.1) is 11.8 Å². The van der Waals surface area contributed by atoms with Gasteiger partial charge < -0.3 is 30.4 Å². The van der Waals surface area contributed by atoms with E-state index in [0.29, 0.717) is 49.2 Å². The maximum atomic E-state index is 14.2. The Balaban J connectivity index is 1.55. The first kappa shape index (κ1) is 31.7. The van der Waals surface area contributed by atoms with Crippen LogP contribution < -0.4 is 16.3 Å². The molecule has 2 heterocycles. The van der Waals surface area contributed by atoms with Crippen molar-refractivity contribution in [3.63, 3.8) is 0 Å². The second-order valence-corrected chi connectivity index (χ2v) is 12.4. The third kappa shape index (κ3) is 6.12. The number of allylic oxidation sites excluding steroid dienone is 1. The van der Waals surface area contributed by atoms with E-state index in [4.69, 9.17) is 16.3 Å². The zero-order chi connectivity index (χ0) is 31.7. The highest BCUT2D eigenvalue weighted by atomic mass is 79.9. The van der Waals surface area contributed by atoms with E-state index in [1.807, 2.05) is 12.1 Å². The Hall–Kier alpha value is -3.71. The van der Waals surface area contributed by atoms with Gasteiger partial charge in [0.25, 0.3) is 12.3 Å². The maximum Gasteiger partial charge on any atom is 0.307 e. The molecule has 0 saturated heterocycles. The van der Waals surface area contributed by atoms with Gasteiger partial charge in [-0.1, -0.05) is 47.0 Å². The number of nitrogens with zero attached hydrogens (tertiary/aromatic N) is 3. The molecule has 3 aliphatic rings. The second kappa shape index (κ2) is 13.1. The van der Waals surface area contributed by atoms with Gasteiger partial charge in [-0.05, 0) is 48.6 Å². The molecule has 1 saturated carbocycles. The van der Waals surface area contributed by atoms with Gasteiger partial charge in [-0.15, -0.1) is 0 Å². The number of hydrogen-bond donors (Lipinski definition) is 3. The van der Waals surface area contributed by atoms with Crippen LogP contribution in [0.4, 0.5) is 8.78 Å². The molecule has 5 rings (SSSR count). The molecule has 2 aromatic rings. The largest absolute Gasteiger partial charge is 0.487 e. The number of aliphatic carboxylic acids is 1. The van der Waals surface area contributed by atoms with Crippen molar-refractivity contribution < 1.29 is 33.0 Å². The van der Waals surface area contributed by atoms with Crippen molar-refractivity contribution in [2.24, 2.45) is 23.4 Å². The second-order valence-electron chi connectivity index (χ2n) is 11.5. The number of carbonyl (C=O) groups is 3. The Labute approximate surface area is 262 Å². The van der Waals surface area contributed by atoms with E-state index in [1.165, 1.54) is 7.05 Å². The molecular weight excluding hydrogens is 640 g/mol. The van der Waals surface area contributed by atoms with Gasteiger partial charge in [0.2, 0.25) is 5.91 Å². The molecule has 13 heteroatoms. The van der Waals surface area contributed by atoms with E-state index >= 15 is 0 Å². The monoisotopic (exact) mass is 675 g/mol. The van der Waals surface area contributed by atoms with E-state index in [9.17, 15) is 28.3 Å². The highest BCUT2D eigenvalue weighted by Crippen LogP contribution is 2.43. The van der Waals surface area contributed by atoms with E-state index in [-0.39, 0.29) is 24.1 Å². The molecule has 0 bridgehead atoms. The molecule has 2 amide bonds. The lowest BCUT2D eigenvalue weighted by molar-refractivity contribution is -0.153. The van der Waals surface area contributed by atoms with Gasteiger partial charge in [0, 0.05) is 42.3 Å². The molecule has 2 aromatic carbocycles. The molecule has 1 unspecified atom stereocenters. The normalized spacial score (nSPS) is 22.0. The molecule has 236 valence electrons. The molecule has 0 aromatic heterocycles. The van der Waals surface area contributed by atoms with Crippen LogP contribution >= 0.6 is 15.9 Å². The number of carboxylic acids is 1. The minimum Gasteiger partial charge on any atom is -0.487 e. The molecule has 1 aliphatic carbocycles. The Bertz CT molecular complexity index is 1480. The van der Waals surface area contributed by atoms with Crippen LogP contribution in [0.25, 0.3) is 0 Å². The first-order valence-electron chi connectivity index (χ1n) is 14.6. The van der Waals surface area contributed by atoms with Gasteiger partial charge >= 0.3 is 5.97 Å². The van der Waals surface area contributed by atoms with Gasteiger partial charge in [0.15, 0.2) is 0 Å². The number of carboxylic acid groups (broad SMARTS) is 1. The van der Waals surface area contributed by atoms with Gasteiger partial charge in [0.1, 0.15) is 18.1 Å². The summed E-state index contributed by atoms with van der Waals surface area (Å²) in [7, 11) is 1.26. The zero-order valence-electron chi connectivity index (χ0n) is 24.3. The van der Waals surface area contributed by atoms with Crippen molar-refractivity contribution >= 4 is 33.7 Å². The Kier molecular flexibility index (Phi) is 9.45. The third-order valence-electron chi connectivity index (χ3n) is 8.84. The predicted molar refractivity (Wildman–Crippen MR) is 161 cm³/mol. The topological polar surface area (TPSA) is 142 Å². The molecule has 1 fully saturated rings. The minimum atomic E-state index is -2.92. The summed E-state index contributed by atoms with van der Waals surface area (Å²) in [6.45, 7) is 0.396. The predicted octanol–water partition coefficient (Wildman–Crippen LogP) is 4.04. The van der Waals surface area contributed by atoms with Gasteiger partial charge in [-0.2, -0.15) is 0 Å². The molecular formula is C31H36BrF2N5O5. The Morgan fingerprint density at radius 1 is 1.16 bits per heavy atom. The van der Waals surface area contributed by atoms with E-state index in [2.05, 4.69) is 15.9 Å². The Morgan fingerprint density at radius 2 is 1.86 bits per heavy atom. The van der Waals surface area contributed by atoms with Crippen molar-refractivity contribution in [3.05, 3.63) is 74.5 Å². The van der Waals surface area contributed by atoms with E-state index < -0.39 is 42.6 Å². The lowest BCUT2D eigenvalue weighted by Gasteiger charge is -2.43. The summed E-state index contributed by atoms with van der Waals surface area (Å²) < 4.78 is 34.1. The van der Waals surface area contributed by atoms with E-state index in [0.717, 1.165) is 33.5 Å². The number of nitrogens with two attached hydrogens (primary N) is 2.